The molecule has 0 bridgehead atoms. The summed E-state index contributed by atoms with van der Waals surface area (Å²) in [5, 5.41) is 10.7. The number of aliphatic carboxylic acids is 1. The summed E-state index contributed by atoms with van der Waals surface area (Å²) >= 11 is 0. The summed E-state index contributed by atoms with van der Waals surface area (Å²) in [5.41, 5.74) is 0.0808. The van der Waals surface area contributed by atoms with Gasteiger partial charge in [0.25, 0.3) is 0 Å². The number of halogens is 4. The second-order valence-corrected chi connectivity index (χ2v) is 4.86. The standard InChI is InChI=1S/C14H15F4NO3/c1-7(9-3-2-8(15)5-10(9)16)4-13(20)19-11(14(21)22)6-12(17)18/h2-3,5,7,11-12H,4,6H2,1H3,(H,19,20)(H,21,22). The van der Waals surface area contributed by atoms with Gasteiger partial charge in [0.1, 0.15) is 17.7 Å². The molecule has 2 atom stereocenters. The van der Waals surface area contributed by atoms with Gasteiger partial charge in [-0.2, -0.15) is 0 Å². The maximum Gasteiger partial charge on any atom is 0.326 e. The van der Waals surface area contributed by atoms with Crippen LogP contribution < -0.4 is 5.32 Å². The van der Waals surface area contributed by atoms with Gasteiger partial charge < -0.3 is 10.4 Å². The summed E-state index contributed by atoms with van der Waals surface area (Å²) in [6.07, 6.45) is -4.20. The molecule has 0 saturated heterocycles. The zero-order chi connectivity index (χ0) is 16.9. The van der Waals surface area contributed by atoms with Crippen LogP contribution in [0.25, 0.3) is 0 Å². The van der Waals surface area contributed by atoms with Crippen molar-refractivity contribution in [3.63, 3.8) is 0 Å². The second kappa shape index (κ2) is 7.77. The molecule has 0 aliphatic carbocycles. The number of carboxylic acids is 1. The molecule has 0 radical (unpaired) electrons. The SMILES string of the molecule is CC(CC(=O)NC(CC(F)F)C(=O)O)c1ccc(F)cc1F. The number of carbonyl (C=O) groups excluding carboxylic acids is 1. The summed E-state index contributed by atoms with van der Waals surface area (Å²) in [4.78, 5) is 22.5. The molecule has 22 heavy (non-hydrogen) atoms. The molecule has 0 fully saturated rings. The van der Waals surface area contributed by atoms with Gasteiger partial charge in [0.05, 0.1) is 0 Å². The monoisotopic (exact) mass is 321 g/mol. The molecule has 122 valence electrons. The van der Waals surface area contributed by atoms with Crippen LogP contribution in [0.4, 0.5) is 17.6 Å². The first-order valence-electron chi connectivity index (χ1n) is 6.46. The minimum atomic E-state index is -2.88. The summed E-state index contributed by atoms with van der Waals surface area (Å²) in [5.74, 6) is -4.64. The Balaban J connectivity index is 2.68. The lowest BCUT2D eigenvalue weighted by molar-refractivity contribution is -0.143. The van der Waals surface area contributed by atoms with Crippen molar-refractivity contribution in [3.05, 3.63) is 35.4 Å². The van der Waals surface area contributed by atoms with E-state index in [1.807, 2.05) is 5.32 Å². The molecule has 0 saturated carbocycles. The van der Waals surface area contributed by atoms with E-state index in [4.69, 9.17) is 5.11 Å². The second-order valence-electron chi connectivity index (χ2n) is 4.86. The maximum absolute atomic E-state index is 13.5. The lowest BCUT2D eigenvalue weighted by Gasteiger charge is -2.17. The number of hydrogen-bond acceptors (Lipinski definition) is 2. The molecule has 1 aromatic rings. The minimum Gasteiger partial charge on any atom is -0.480 e. The van der Waals surface area contributed by atoms with E-state index in [9.17, 15) is 27.2 Å². The number of benzene rings is 1. The van der Waals surface area contributed by atoms with Gasteiger partial charge in [-0.3, -0.25) is 4.79 Å². The lowest BCUT2D eigenvalue weighted by atomic mass is 9.96. The van der Waals surface area contributed by atoms with E-state index in [0.717, 1.165) is 6.07 Å². The average Bonchev–Trinajstić information content (AvgIpc) is 2.36. The number of amides is 1. The van der Waals surface area contributed by atoms with Crippen LogP contribution in [0, 0.1) is 11.6 Å². The molecule has 1 aromatic carbocycles. The van der Waals surface area contributed by atoms with E-state index in [2.05, 4.69) is 0 Å². The van der Waals surface area contributed by atoms with Crippen molar-refractivity contribution in [1.82, 2.24) is 5.32 Å². The summed E-state index contributed by atoms with van der Waals surface area (Å²) in [6.45, 7) is 1.48. The van der Waals surface area contributed by atoms with Gasteiger partial charge in [0, 0.05) is 18.9 Å². The maximum atomic E-state index is 13.5. The topological polar surface area (TPSA) is 66.4 Å². The first kappa shape index (κ1) is 17.9. The van der Waals surface area contributed by atoms with E-state index < -0.39 is 48.3 Å². The Labute approximate surface area is 124 Å². The van der Waals surface area contributed by atoms with E-state index in [1.165, 1.54) is 13.0 Å². The Bertz CT molecular complexity index is 551. The highest BCUT2D eigenvalue weighted by molar-refractivity contribution is 5.83. The third-order valence-corrected chi connectivity index (χ3v) is 3.03. The predicted octanol–water partition coefficient (Wildman–Crippen LogP) is 2.68. The third kappa shape index (κ3) is 5.34. The van der Waals surface area contributed by atoms with Gasteiger partial charge >= 0.3 is 5.97 Å². The molecule has 2 unspecified atom stereocenters. The lowest BCUT2D eigenvalue weighted by Crippen LogP contribution is -2.42. The Morgan fingerprint density at radius 3 is 2.41 bits per heavy atom. The van der Waals surface area contributed by atoms with Crippen molar-refractivity contribution in [3.8, 4) is 0 Å². The molecule has 1 amide bonds. The molecule has 2 N–H and O–H groups in total. The molecular formula is C14H15F4NO3. The van der Waals surface area contributed by atoms with Crippen molar-refractivity contribution in [2.75, 3.05) is 0 Å². The largest absolute Gasteiger partial charge is 0.480 e. The summed E-state index contributed by atoms with van der Waals surface area (Å²) in [7, 11) is 0. The van der Waals surface area contributed by atoms with E-state index in [-0.39, 0.29) is 12.0 Å². The first-order chi connectivity index (χ1) is 10.2. The minimum absolute atomic E-state index is 0.0808. The van der Waals surface area contributed by atoms with Gasteiger partial charge in [0.2, 0.25) is 12.3 Å². The smallest absolute Gasteiger partial charge is 0.326 e. The molecular weight excluding hydrogens is 306 g/mol. The summed E-state index contributed by atoms with van der Waals surface area (Å²) < 4.78 is 50.8. The number of alkyl halides is 2. The van der Waals surface area contributed by atoms with E-state index in [1.54, 1.807) is 0 Å². The predicted molar refractivity (Wildman–Crippen MR) is 69.6 cm³/mol. The molecule has 0 spiro atoms. The Kier molecular flexibility index (Phi) is 6.33. The van der Waals surface area contributed by atoms with E-state index >= 15 is 0 Å². The molecule has 0 aromatic heterocycles. The Morgan fingerprint density at radius 1 is 1.27 bits per heavy atom. The highest BCUT2D eigenvalue weighted by atomic mass is 19.3. The van der Waals surface area contributed by atoms with Gasteiger partial charge in [-0.25, -0.2) is 22.4 Å². The number of carbonyl (C=O) groups is 2. The van der Waals surface area contributed by atoms with Crippen LogP contribution >= 0.6 is 0 Å². The quantitative estimate of drug-likeness (QED) is 0.759. The number of rotatable bonds is 7. The van der Waals surface area contributed by atoms with Crippen LogP contribution in [0.15, 0.2) is 18.2 Å². The van der Waals surface area contributed by atoms with Crippen molar-refractivity contribution >= 4 is 11.9 Å². The van der Waals surface area contributed by atoms with Crippen LogP contribution in [-0.2, 0) is 9.59 Å². The number of carboxylic acid groups (broad SMARTS) is 1. The summed E-state index contributed by atoms with van der Waals surface area (Å²) in [6, 6.07) is 1.17. The molecule has 1 rings (SSSR count). The van der Waals surface area contributed by atoms with Crippen LogP contribution in [0.1, 0.15) is 31.2 Å². The highest BCUT2D eigenvalue weighted by Gasteiger charge is 2.25. The Hall–Kier alpha value is -2.12. The Morgan fingerprint density at radius 2 is 1.91 bits per heavy atom. The fourth-order valence-electron chi connectivity index (χ4n) is 1.94. The van der Waals surface area contributed by atoms with Crippen LogP contribution in [-0.4, -0.2) is 29.5 Å². The van der Waals surface area contributed by atoms with Gasteiger partial charge in [-0.15, -0.1) is 0 Å². The number of nitrogens with one attached hydrogen (secondary N) is 1. The van der Waals surface area contributed by atoms with Gasteiger partial charge in [0.15, 0.2) is 0 Å². The van der Waals surface area contributed by atoms with Crippen molar-refractivity contribution in [1.29, 1.82) is 0 Å². The van der Waals surface area contributed by atoms with Crippen LogP contribution in [0.3, 0.4) is 0 Å². The third-order valence-electron chi connectivity index (χ3n) is 3.03. The molecule has 4 nitrogen and oxygen atoms in total. The zero-order valence-electron chi connectivity index (χ0n) is 11.7. The van der Waals surface area contributed by atoms with Gasteiger partial charge in [-0.1, -0.05) is 13.0 Å². The molecule has 8 heteroatoms. The zero-order valence-corrected chi connectivity index (χ0v) is 11.7. The molecule has 0 aliphatic rings. The van der Waals surface area contributed by atoms with Gasteiger partial charge in [-0.05, 0) is 17.5 Å². The van der Waals surface area contributed by atoms with E-state index in [0.29, 0.717) is 6.07 Å². The van der Waals surface area contributed by atoms with Crippen molar-refractivity contribution < 1.29 is 32.3 Å². The average molecular weight is 321 g/mol. The normalized spacial score (nSPS) is 13.7. The van der Waals surface area contributed by atoms with Crippen molar-refractivity contribution in [2.24, 2.45) is 0 Å². The number of hydrogen-bond donors (Lipinski definition) is 2. The first-order valence-corrected chi connectivity index (χ1v) is 6.46. The molecule has 0 aliphatic heterocycles. The van der Waals surface area contributed by atoms with Crippen LogP contribution in [0.2, 0.25) is 0 Å². The highest BCUT2D eigenvalue weighted by Crippen LogP contribution is 2.22. The molecule has 0 heterocycles. The van der Waals surface area contributed by atoms with Crippen LogP contribution in [0.5, 0.6) is 0 Å². The fraction of sp³-hybridized carbons (Fsp3) is 0.429. The fourth-order valence-corrected chi connectivity index (χ4v) is 1.94. The van der Waals surface area contributed by atoms with Crippen molar-refractivity contribution in [2.45, 2.75) is 38.2 Å².